The minimum Gasteiger partial charge on any atom is -0.380 e. The Morgan fingerprint density at radius 1 is 1.33 bits per heavy atom. The SMILES string of the molecule is C#CCCCC(COCCC)NCCC. The van der Waals surface area contributed by atoms with Gasteiger partial charge in [-0.25, -0.2) is 0 Å². The Kier molecular flexibility index (Phi) is 11.2. The summed E-state index contributed by atoms with van der Waals surface area (Å²) in [5.41, 5.74) is 0. The van der Waals surface area contributed by atoms with Crippen LogP contribution in [0.1, 0.15) is 46.0 Å². The Bertz CT molecular complexity index is 162. The van der Waals surface area contributed by atoms with E-state index in [0.717, 1.165) is 45.4 Å². The molecule has 0 heterocycles. The number of terminal acetylenes is 1. The molecule has 2 heteroatoms. The summed E-state index contributed by atoms with van der Waals surface area (Å²) in [6.45, 7) is 7.05. The number of nitrogens with one attached hydrogen (secondary N) is 1. The van der Waals surface area contributed by atoms with Gasteiger partial charge >= 0.3 is 0 Å². The van der Waals surface area contributed by atoms with Crippen LogP contribution in [0.3, 0.4) is 0 Å². The zero-order valence-corrected chi connectivity index (χ0v) is 10.2. The minimum absolute atomic E-state index is 0.477. The Labute approximate surface area is 94.8 Å². The maximum atomic E-state index is 5.56. The summed E-state index contributed by atoms with van der Waals surface area (Å²) < 4.78 is 5.56. The lowest BCUT2D eigenvalue weighted by atomic mass is 10.1. The molecule has 0 radical (unpaired) electrons. The van der Waals surface area contributed by atoms with Gasteiger partial charge in [-0.2, -0.15) is 0 Å². The first-order chi connectivity index (χ1) is 7.35. The lowest BCUT2D eigenvalue weighted by Gasteiger charge is -2.17. The van der Waals surface area contributed by atoms with Gasteiger partial charge in [-0.3, -0.25) is 0 Å². The molecular formula is C13H25NO. The van der Waals surface area contributed by atoms with Gasteiger partial charge in [-0.1, -0.05) is 13.8 Å². The first-order valence-electron chi connectivity index (χ1n) is 6.09. The molecule has 0 aromatic rings. The van der Waals surface area contributed by atoms with Crippen LogP contribution in [0, 0.1) is 12.3 Å². The molecule has 0 saturated carbocycles. The molecule has 0 rings (SSSR count). The largest absolute Gasteiger partial charge is 0.380 e. The quantitative estimate of drug-likeness (QED) is 0.443. The first-order valence-corrected chi connectivity index (χ1v) is 6.09. The van der Waals surface area contributed by atoms with E-state index >= 15 is 0 Å². The molecule has 0 aromatic carbocycles. The van der Waals surface area contributed by atoms with Crippen LogP contribution in [0.5, 0.6) is 0 Å². The fraction of sp³-hybridized carbons (Fsp3) is 0.846. The standard InChI is InChI=1S/C13H25NO/c1-4-7-8-9-13(14-10-5-2)12-15-11-6-3/h1,13-14H,5-12H2,2-3H3. The Morgan fingerprint density at radius 2 is 2.13 bits per heavy atom. The summed E-state index contributed by atoms with van der Waals surface area (Å²) in [5, 5.41) is 3.49. The van der Waals surface area contributed by atoms with Gasteiger partial charge in [0.2, 0.25) is 0 Å². The summed E-state index contributed by atoms with van der Waals surface area (Å²) in [4.78, 5) is 0. The van der Waals surface area contributed by atoms with E-state index in [-0.39, 0.29) is 0 Å². The van der Waals surface area contributed by atoms with Gasteiger partial charge in [0.25, 0.3) is 0 Å². The number of unbranched alkanes of at least 4 members (excludes halogenated alkanes) is 1. The van der Waals surface area contributed by atoms with Crippen LogP contribution in [-0.4, -0.2) is 25.8 Å². The van der Waals surface area contributed by atoms with Crippen molar-refractivity contribution in [2.24, 2.45) is 0 Å². The number of ether oxygens (including phenoxy) is 1. The number of rotatable bonds is 10. The van der Waals surface area contributed by atoms with Gasteiger partial charge < -0.3 is 10.1 Å². The average molecular weight is 211 g/mol. The molecule has 0 aliphatic rings. The van der Waals surface area contributed by atoms with Crippen LogP contribution in [-0.2, 0) is 4.74 Å². The zero-order chi connectivity index (χ0) is 11.4. The lowest BCUT2D eigenvalue weighted by Crippen LogP contribution is -2.34. The molecule has 1 unspecified atom stereocenters. The molecule has 88 valence electrons. The third-order valence-corrected chi connectivity index (χ3v) is 2.22. The minimum atomic E-state index is 0.477. The highest BCUT2D eigenvalue weighted by Gasteiger charge is 2.06. The molecule has 0 aliphatic carbocycles. The van der Waals surface area contributed by atoms with Gasteiger partial charge in [0.1, 0.15) is 0 Å². The topological polar surface area (TPSA) is 21.3 Å². The molecule has 0 aromatic heterocycles. The van der Waals surface area contributed by atoms with Crippen molar-refractivity contribution in [3.63, 3.8) is 0 Å². The molecule has 0 bridgehead atoms. The molecule has 0 saturated heterocycles. The third-order valence-electron chi connectivity index (χ3n) is 2.22. The van der Waals surface area contributed by atoms with E-state index in [4.69, 9.17) is 11.2 Å². The van der Waals surface area contributed by atoms with Crippen LogP contribution in [0.15, 0.2) is 0 Å². The monoisotopic (exact) mass is 211 g/mol. The van der Waals surface area contributed by atoms with Gasteiger partial charge in [-0.05, 0) is 32.2 Å². The van der Waals surface area contributed by atoms with Crippen molar-refractivity contribution in [2.75, 3.05) is 19.8 Å². The van der Waals surface area contributed by atoms with Crippen molar-refractivity contribution in [1.82, 2.24) is 5.32 Å². The maximum absolute atomic E-state index is 5.56. The van der Waals surface area contributed by atoms with Crippen LogP contribution in [0.25, 0.3) is 0 Å². The Morgan fingerprint density at radius 3 is 2.73 bits per heavy atom. The van der Waals surface area contributed by atoms with Gasteiger partial charge in [0, 0.05) is 19.1 Å². The fourth-order valence-corrected chi connectivity index (χ4v) is 1.41. The summed E-state index contributed by atoms with van der Waals surface area (Å²) in [6.07, 6.45) is 10.6. The summed E-state index contributed by atoms with van der Waals surface area (Å²) in [6, 6.07) is 0.477. The van der Waals surface area contributed by atoms with Crippen molar-refractivity contribution >= 4 is 0 Å². The molecule has 1 atom stereocenters. The second-order valence-electron chi connectivity index (χ2n) is 3.82. The van der Waals surface area contributed by atoms with Crippen LogP contribution < -0.4 is 5.32 Å². The molecular weight excluding hydrogens is 186 g/mol. The predicted molar refractivity (Wildman–Crippen MR) is 65.9 cm³/mol. The van der Waals surface area contributed by atoms with Crippen LogP contribution in [0.2, 0.25) is 0 Å². The van der Waals surface area contributed by atoms with Crippen molar-refractivity contribution in [3.8, 4) is 12.3 Å². The second kappa shape index (κ2) is 11.6. The van der Waals surface area contributed by atoms with E-state index in [1.807, 2.05) is 0 Å². The summed E-state index contributed by atoms with van der Waals surface area (Å²) in [5.74, 6) is 2.68. The first kappa shape index (κ1) is 14.5. The van der Waals surface area contributed by atoms with Crippen molar-refractivity contribution in [2.45, 2.75) is 52.0 Å². The lowest BCUT2D eigenvalue weighted by molar-refractivity contribution is 0.109. The number of hydrogen-bond donors (Lipinski definition) is 1. The maximum Gasteiger partial charge on any atom is 0.0619 e. The fourth-order valence-electron chi connectivity index (χ4n) is 1.41. The smallest absolute Gasteiger partial charge is 0.0619 e. The molecule has 0 aliphatic heterocycles. The van der Waals surface area contributed by atoms with E-state index in [1.165, 1.54) is 6.42 Å². The van der Waals surface area contributed by atoms with Gasteiger partial charge in [-0.15, -0.1) is 12.3 Å². The summed E-state index contributed by atoms with van der Waals surface area (Å²) >= 11 is 0. The van der Waals surface area contributed by atoms with E-state index in [2.05, 4.69) is 25.1 Å². The molecule has 1 N–H and O–H groups in total. The molecule has 15 heavy (non-hydrogen) atoms. The molecule has 0 fully saturated rings. The van der Waals surface area contributed by atoms with Crippen LogP contribution >= 0.6 is 0 Å². The third kappa shape index (κ3) is 9.78. The van der Waals surface area contributed by atoms with Crippen molar-refractivity contribution < 1.29 is 4.74 Å². The van der Waals surface area contributed by atoms with E-state index in [0.29, 0.717) is 6.04 Å². The highest BCUT2D eigenvalue weighted by Crippen LogP contribution is 2.01. The molecule has 0 spiro atoms. The second-order valence-corrected chi connectivity index (χ2v) is 3.82. The van der Waals surface area contributed by atoms with Crippen molar-refractivity contribution in [1.29, 1.82) is 0 Å². The zero-order valence-electron chi connectivity index (χ0n) is 10.2. The normalized spacial score (nSPS) is 12.3. The Balaban J connectivity index is 3.59. The van der Waals surface area contributed by atoms with Gasteiger partial charge in [0.15, 0.2) is 0 Å². The predicted octanol–water partition coefficient (Wildman–Crippen LogP) is 2.58. The van der Waals surface area contributed by atoms with E-state index in [9.17, 15) is 0 Å². The van der Waals surface area contributed by atoms with E-state index in [1.54, 1.807) is 0 Å². The van der Waals surface area contributed by atoms with E-state index < -0.39 is 0 Å². The average Bonchev–Trinajstić information content (AvgIpc) is 2.25. The summed E-state index contributed by atoms with van der Waals surface area (Å²) in [7, 11) is 0. The van der Waals surface area contributed by atoms with Gasteiger partial charge in [0.05, 0.1) is 6.61 Å². The highest BCUT2D eigenvalue weighted by atomic mass is 16.5. The number of hydrogen-bond acceptors (Lipinski definition) is 2. The molecule has 2 nitrogen and oxygen atoms in total. The van der Waals surface area contributed by atoms with Crippen molar-refractivity contribution in [3.05, 3.63) is 0 Å². The highest BCUT2D eigenvalue weighted by molar-refractivity contribution is 4.83. The Hall–Kier alpha value is -0.520. The van der Waals surface area contributed by atoms with Crippen LogP contribution in [0.4, 0.5) is 0 Å². The molecule has 0 amide bonds.